The Hall–Kier alpha value is -2.75. The molecule has 0 aliphatic rings. The number of rotatable bonds is 4. The highest BCUT2D eigenvalue weighted by Crippen LogP contribution is 2.23. The highest BCUT2D eigenvalue weighted by atomic mass is 15.0. The second kappa shape index (κ2) is 6.28. The van der Waals surface area contributed by atoms with E-state index in [-0.39, 0.29) is 0 Å². The van der Waals surface area contributed by atoms with Crippen LogP contribution in [0.1, 0.15) is 49.4 Å². The van der Waals surface area contributed by atoms with Crippen molar-refractivity contribution < 1.29 is 0 Å². The van der Waals surface area contributed by atoms with E-state index in [9.17, 15) is 0 Å². The summed E-state index contributed by atoms with van der Waals surface area (Å²) >= 11 is 0. The van der Waals surface area contributed by atoms with Gasteiger partial charge >= 0.3 is 0 Å². The highest BCUT2D eigenvalue weighted by molar-refractivity contribution is 5.74. The minimum absolute atomic E-state index is 0.376. The van der Waals surface area contributed by atoms with Crippen LogP contribution in [-0.4, -0.2) is 19.4 Å². The molecule has 126 valence electrons. The van der Waals surface area contributed by atoms with Crippen molar-refractivity contribution in [3.63, 3.8) is 0 Å². The number of nitrogens with zero attached hydrogens (tertiary/aromatic N) is 4. The molecule has 0 amide bonds. The molecule has 0 saturated heterocycles. The molecular formula is C21H22N4. The third-order valence-electron chi connectivity index (χ3n) is 4.77. The van der Waals surface area contributed by atoms with Gasteiger partial charge in [-0.3, -0.25) is 9.97 Å². The lowest BCUT2D eigenvalue weighted by atomic mass is 9.96. The molecule has 0 bridgehead atoms. The molecular weight excluding hydrogens is 308 g/mol. The molecule has 1 atom stereocenters. The first-order valence-corrected chi connectivity index (χ1v) is 8.78. The van der Waals surface area contributed by atoms with Gasteiger partial charge in [0.1, 0.15) is 5.65 Å². The second-order valence-corrected chi connectivity index (χ2v) is 7.02. The van der Waals surface area contributed by atoms with Crippen molar-refractivity contribution in [1.82, 2.24) is 19.4 Å². The van der Waals surface area contributed by atoms with E-state index in [4.69, 9.17) is 4.98 Å². The lowest BCUT2D eigenvalue weighted by Gasteiger charge is -2.10. The quantitative estimate of drug-likeness (QED) is 0.542. The number of hydrogen-bond donors (Lipinski definition) is 0. The zero-order chi connectivity index (χ0) is 17.4. The Labute approximate surface area is 147 Å². The summed E-state index contributed by atoms with van der Waals surface area (Å²) in [6.45, 7) is 6.66. The predicted octanol–water partition coefficient (Wildman–Crippen LogP) is 4.75. The van der Waals surface area contributed by atoms with Crippen molar-refractivity contribution in [2.24, 2.45) is 0 Å². The van der Waals surface area contributed by atoms with Crippen LogP contribution >= 0.6 is 0 Å². The first-order chi connectivity index (χ1) is 12.1. The molecule has 1 aromatic carbocycles. The van der Waals surface area contributed by atoms with Gasteiger partial charge in [-0.1, -0.05) is 32.9 Å². The van der Waals surface area contributed by atoms with Crippen molar-refractivity contribution in [2.75, 3.05) is 0 Å². The molecule has 4 aromatic rings. The molecule has 0 N–H and O–H groups in total. The molecule has 0 spiro atoms. The zero-order valence-corrected chi connectivity index (χ0v) is 14.8. The topological polar surface area (TPSA) is 43.1 Å². The maximum Gasteiger partial charge on any atom is 0.136 e. The van der Waals surface area contributed by atoms with Crippen LogP contribution < -0.4 is 0 Å². The van der Waals surface area contributed by atoms with Gasteiger partial charge in [-0.15, -0.1) is 0 Å². The number of benzene rings is 1. The van der Waals surface area contributed by atoms with Crippen molar-refractivity contribution in [3.05, 3.63) is 71.9 Å². The van der Waals surface area contributed by atoms with E-state index in [1.165, 1.54) is 11.1 Å². The van der Waals surface area contributed by atoms with Gasteiger partial charge in [0.25, 0.3) is 0 Å². The average Bonchev–Trinajstić information content (AvgIpc) is 3.02. The van der Waals surface area contributed by atoms with Gasteiger partial charge in [-0.05, 0) is 47.6 Å². The summed E-state index contributed by atoms with van der Waals surface area (Å²) in [5, 5.41) is 0. The molecule has 0 radical (unpaired) electrons. The summed E-state index contributed by atoms with van der Waals surface area (Å²) < 4.78 is 2.14. The van der Waals surface area contributed by atoms with Crippen LogP contribution in [0.15, 0.2) is 55.1 Å². The molecule has 4 nitrogen and oxygen atoms in total. The van der Waals surface area contributed by atoms with Gasteiger partial charge in [0, 0.05) is 24.8 Å². The van der Waals surface area contributed by atoms with E-state index in [0.29, 0.717) is 11.8 Å². The van der Waals surface area contributed by atoms with Gasteiger partial charge in [-0.2, -0.15) is 0 Å². The predicted molar refractivity (Wildman–Crippen MR) is 101 cm³/mol. The molecule has 3 aromatic heterocycles. The first-order valence-electron chi connectivity index (χ1n) is 8.78. The number of fused-ring (bicyclic) bond motifs is 2. The monoisotopic (exact) mass is 330 g/mol. The smallest absolute Gasteiger partial charge is 0.136 e. The van der Waals surface area contributed by atoms with Gasteiger partial charge in [-0.25, -0.2) is 4.98 Å². The molecule has 0 aliphatic heterocycles. The Morgan fingerprint density at radius 2 is 1.64 bits per heavy atom. The Morgan fingerprint density at radius 3 is 2.44 bits per heavy atom. The summed E-state index contributed by atoms with van der Waals surface area (Å²) in [5.41, 5.74) is 6.62. The van der Waals surface area contributed by atoms with Crippen molar-refractivity contribution >= 4 is 16.7 Å². The van der Waals surface area contributed by atoms with Crippen LogP contribution in [0.2, 0.25) is 0 Å². The molecule has 4 heteroatoms. The van der Waals surface area contributed by atoms with Crippen LogP contribution in [0.5, 0.6) is 0 Å². The molecule has 1 unspecified atom stereocenters. The van der Waals surface area contributed by atoms with Crippen LogP contribution in [0.3, 0.4) is 0 Å². The number of aromatic nitrogens is 4. The largest absolute Gasteiger partial charge is 0.307 e. The molecule has 25 heavy (non-hydrogen) atoms. The zero-order valence-electron chi connectivity index (χ0n) is 14.8. The van der Waals surface area contributed by atoms with E-state index in [0.717, 1.165) is 28.8 Å². The fraction of sp³-hybridized carbons (Fsp3) is 0.286. The number of pyridine rings is 1. The number of hydrogen-bond acceptors (Lipinski definition) is 3. The van der Waals surface area contributed by atoms with Gasteiger partial charge < -0.3 is 4.40 Å². The van der Waals surface area contributed by atoms with E-state index < -0.39 is 0 Å². The van der Waals surface area contributed by atoms with Crippen molar-refractivity contribution in [3.8, 4) is 0 Å². The van der Waals surface area contributed by atoms with E-state index in [2.05, 4.69) is 71.8 Å². The van der Waals surface area contributed by atoms with Crippen LogP contribution in [0.4, 0.5) is 0 Å². The molecule has 0 saturated carbocycles. The summed E-state index contributed by atoms with van der Waals surface area (Å²) in [6.07, 6.45) is 8.72. The van der Waals surface area contributed by atoms with E-state index in [1.807, 2.05) is 6.07 Å². The Balaban J connectivity index is 1.60. The van der Waals surface area contributed by atoms with Crippen molar-refractivity contribution in [2.45, 2.75) is 39.0 Å². The van der Waals surface area contributed by atoms with Gasteiger partial charge in [0.15, 0.2) is 0 Å². The lowest BCUT2D eigenvalue weighted by molar-refractivity contribution is 0.746. The first kappa shape index (κ1) is 15.8. The summed E-state index contributed by atoms with van der Waals surface area (Å²) in [7, 11) is 0. The molecule has 4 rings (SSSR count). The highest BCUT2D eigenvalue weighted by Gasteiger charge is 2.11. The van der Waals surface area contributed by atoms with Gasteiger partial charge in [0.2, 0.25) is 0 Å². The average molecular weight is 330 g/mol. The third kappa shape index (κ3) is 3.12. The summed E-state index contributed by atoms with van der Waals surface area (Å²) in [5.74, 6) is 0.897. The Kier molecular flexibility index (Phi) is 3.96. The minimum Gasteiger partial charge on any atom is -0.307 e. The Morgan fingerprint density at radius 1 is 0.880 bits per heavy atom. The summed E-state index contributed by atoms with van der Waals surface area (Å²) in [6, 6.07) is 10.6. The number of imidazole rings is 1. The molecule has 0 aliphatic carbocycles. The standard InChI is InChI=1S/C21H22N4/c1-14(2)17-5-7-21-24-18(13-25(21)12-17)10-15(3)16-4-6-19-20(11-16)23-9-8-22-19/h4-9,11-15H,10H2,1-3H3. The third-order valence-corrected chi connectivity index (χ3v) is 4.77. The normalized spacial score (nSPS) is 13.0. The molecule has 0 fully saturated rings. The van der Waals surface area contributed by atoms with Gasteiger partial charge in [0.05, 0.1) is 16.7 Å². The fourth-order valence-electron chi connectivity index (χ4n) is 3.22. The van der Waals surface area contributed by atoms with Crippen LogP contribution in [0, 0.1) is 0 Å². The Bertz CT molecular complexity index is 1030. The van der Waals surface area contributed by atoms with Crippen LogP contribution in [0.25, 0.3) is 16.7 Å². The lowest BCUT2D eigenvalue weighted by Crippen LogP contribution is -1.99. The summed E-state index contributed by atoms with van der Waals surface area (Å²) in [4.78, 5) is 13.5. The van der Waals surface area contributed by atoms with Crippen LogP contribution in [-0.2, 0) is 6.42 Å². The maximum absolute atomic E-state index is 4.78. The van der Waals surface area contributed by atoms with E-state index in [1.54, 1.807) is 12.4 Å². The van der Waals surface area contributed by atoms with E-state index >= 15 is 0 Å². The maximum atomic E-state index is 4.78. The molecule has 3 heterocycles. The minimum atomic E-state index is 0.376. The SMILES string of the molecule is CC(C)c1ccc2nc(CC(C)c3ccc4nccnc4c3)cn2c1. The second-order valence-electron chi connectivity index (χ2n) is 7.02. The van der Waals surface area contributed by atoms with Crippen molar-refractivity contribution in [1.29, 1.82) is 0 Å². The fourth-order valence-corrected chi connectivity index (χ4v) is 3.22.